The third kappa shape index (κ3) is 4.97. The average Bonchev–Trinajstić information content (AvgIpc) is 3.05. The fourth-order valence-electron chi connectivity index (χ4n) is 3.92. The van der Waals surface area contributed by atoms with Crippen molar-refractivity contribution in [3.63, 3.8) is 0 Å². The molecule has 6 nitrogen and oxygen atoms in total. The predicted octanol–water partition coefficient (Wildman–Crippen LogP) is 4.50. The monoisotopic (exact) mass is 456 g/mol. The van der Waals surface area contributed by atoms with Crippen molar-refractivity contribution < 1.29 is 19.4 Å². The van der Waals surface area contributed by atoms with Crippen LogP contribution in [0, 0.1) is 0 Å². The van der Waals surface area contributed by atoms with Gasteiger partial charge in [-0.15, -0.1) is 0 Å². The molecule has 32 heavy (non-hydrogen) atoms. The smallest absolute Gasteiger partial charge is 0.295 e. The number of aliphatic hydroxyl groups excluding tert-OH is 1. The Kier molecular flexibility index (Phi) is 7.94. The summed E-state index contributed by atoms with van der Waals surface area (Å²) in [5, 5.41) is 11.6. The Bertz CT molecular complexity index is 982. The molecule has 7 heteroatoms. The van der Waals surface area contributed by atoms with E-state index in [1.807, 2.05) is 31.2 Å². The van der Waals surface area contributed by atoms with Crippen molar-refractivity contribution in [3.05, 3.63) is 70.3 Å². The lowest BCUT2D eigenvalue weighted by molar-refractivity contribution is -0.140. The van der Waals surface area contributed by atoms with E-state index in [4.69, 9.17) is 16.3 Å². The number of hydrogen-bond acceptors (Lipinski definition) is 5. The van der Waals surface area contributed by atoms with Gasteiger partial charge >= 0.3 is 0 Å². The number of rotatable bonds is 9. The Labute approximate surface area is 194 Å². The van der Waals surface area contributed by atoms with E-state index >= 15 is 0 Å². The minimum absolute atomic E-state index is 0.0843. The van der Waals surface area contributed by atoms with Crippen molar-refractivity contribution in [1.82, 2.24) is 9.80 Å². The molecule has 0 spiro atoms. The molecule has 0 saturated carbocycles. The molecule has 2 aromatic rings. The van der Waals surface area contributed by atoms with Crippen LogP contribution in [0.4, 0.5) is 0 Å². The van der Waals surface area contributed by atoms with Crippen molar-refractivity contribution in [1.29, 1.82) is 0 Å². The minimum Gasteiger partial charge on any atom is -0.507 e. The number of likely N-dealkylation sites (N-methyl/N-ethyl adjacent to an activating group) is 1. The number of carbonyl (C=O) groups excluding carboxylic acids is 2. The summed E-state index contributed by atoms with van der Waals surface area (Å²) in [6, 6.07) is 13.2. The third-order valence-electron chi connectivity index (χ3n) is 5.72. The highest BCUT2D eigenvalue weighted by Crippen LogP contribution is 2.39. The van der Waals surface area contributed by atoms with Crippen LogP contribution in [-0.4, -0.2) is 59.4 Å². The van der Waals surface area contributed by atoms with Crippen molar-refractivity contribution >= 4 is 29.1 Å². The first-order chi connectivity index (χ1) is 15.4. The van der Waals surface area contributed by atoms with E-state index in [1.165, 1.54) is 0 Å². The summed E-state index contributed by atoms with van der Waals surface area (Å²) < 4.78 is 5.53. The summed E-state index contributed by atoms with van der Waals surface area (Å²) in [6.07, 6.45) is 0. The molecule has 1 heterocycles. The number of hydrogen-bond donors (Lipinski definition) is 1. The second-order valence-corrected chi connectivity index (χ2v) is 7.96. The summed E-state index contributed by atoms with van der Waals surface area (Å²) >= 11 is 5.97. The Morgan fingerprint density at radius 3 is 2.22 bits per heavy atom. The van der Waals surface area contributed by atoms with Crippen molar-refractivity contribution in [2.75, 3.05) is 32.8 Å². The normalized spacial score (nSPS) is 17.9. The van der Waals surface area contributed by atoms with E-state index in [1.54, 1.807) is 29.2 Å². The molecule has 0 unspecified atom stereocenters. The van der Waals surface area contributed by atoms with Gasteiger partial charge in [-0.25, -0.2) is 0 Å². The molecule has 2 aromatic carbocycles. The zero-order chi connectivity index (χ0) is 23.3. The summed E-state index contributed by atoms with van der Waals surface area (Å²) in [4.78, 5) is 29.8. The molecule has 1 saturated heterocycles. The molecule has 3 rings (SSSR count). The summed E-state index contributed by atoms with van der Waals surface area (Å²) in [5.74, 6) is -0.791. The van der Waals surface area contributed by atoms with Gasteiger partial charge in [-0.1, -0.05) is 37.6 Å². The number of Topliss-reactive ketones (excluding diaryl/α,β-unsaturated/α-hetero) is 1. The number of benzene rings is 2. The lowest BCUT2D eigenvalue weighted by Crippen LogP contribution is -2.38. The first kappa shape index (κ1) is 23.8. The van der Waals surface area contributed by atoms with Crippen LogP contribution in [0.15, 0.2) is 54.1 Å². The number of halogens is 1. The maximum atomic E-state index is 13.1. The van der Waals surface area contributed by atoms with E-state index in [2.05, 4.69) is 18.7 Å². The molecule has 1 aliphatic rings. The van der Waals surface area contributed by atoms with Crippen molar-refractivity contribution in [3.8, 4) is 5.75 Å². The Morgan fingerprint density at radius 2 is 1.66 bits per heavy atom. The van der Waals surface area contributed by atoms with Crippen molar-refractivity contribution in [2.45, 2.75) is 26.8 Å². The first-order valence-electron chi connectivity index (χ1n) is 10.9. The fraction of sp³-hybridized carbons (Fsp3) is 0.360. The number of carbonyl (C=O) groups is 2. The molecule has 0 radical (unpaired) electrons. The molecule has 170 valence electrons. The lowest BCUT2D eigenvalue weighted by Gasteiger charge is -2.28. The maximum Gasteiger partial charge on any atom is 0.295 e. The van der Waals surface area contributed by atoms with Gasteiger partial charge in [0.05, 0.1) is 18.2 Å². The Morgan fingerprint density at radius 1 is 1.03 bits per heavy atom. The second kappa shape index (κ2) is 10.7. The topological polar surface area (TPSA) is 70.1 Å². The van der Waals surface area contributed by atoms with Gasteiger partial charge in [0.2, 0.25) is 0 Å². The van der Waals surface area contributed by atoms with Crippen LogP contribution in [0.1, 0.15) is 37.9 Å². The molecule has 0 aliphatic carbocycles. The lowest BCUT2D eigenvalue weighted by atomic mass is 9.95. The van der Waals surface area contributed by atoms with Gasteiger partial charge in [-0.3, -0.25) is 9.59 Å². The molecular formula is C25H29ClN2O4. The second-order valence-electron chi connectivity index (χ2n) is 7.53. The predicted molar refractivity (Wildman–Crippen MR) is 126 cm³/mol. The summed E-state index contributed by atoms with van der Waals surface area (Å²) in [6.45, 7) is 9.26. The Balaban J connectivity index is 2.06. The number of likely N-dealkylation sites (tertiary alicyclic amines) is 1. The van der Waals surface area contributed by atoms with Crippen molar-refractivity contribution in [2.24, 2.45) is 0 Å². The van der Waals surface area contributed by atoms with Crippen LogP contribution < -0.4 is 4.74 Å². The number of aliphatic hydroxyl groups is 1. The molecule has 0 aromatic heterocycles. The molecule has 0 bridgehead atoms. The van der Waals surface area contributed by atoms with Gasteiger partial charge in [-0.05, 0) is 62.0 Å². The molecule has 1 atom stereocenters. The van der Waals surface area contributed by atoms with Gasteiger partial charge < -0.3 is 19.6 Å². The van der Waals surface area contributed by atoms with Crippen LogP contribution in [0.3, 0.4) is 0 Å². The van der Waals surface area contributed by atoms with Crippen LogP contribution in [0.2, 0.25) is 5.02 Å². The third-order valence-corrected chi connectivity index (χ3v) is 5.97. The number of nitrogens with zero attached hydrogens (tertiary/aromatic N) is 2. The minimum atomic E-state index is -0.684. The van der Waals surface area contributed by atoms with Gasteiger partial charge in [0.25, 0.3) is 11.7 Å². The molecule has 1 N–H and O–H groups in total. The zero-order valence-electron chi connectivity index (χ0n) is 18.7. The SMILES string of the molecule is CCOc1ccc([C@H]2/C(=C(\O)c3ccc(Cl)cc3)C(=O)C(=O)N2CCN(CC)CC)cc1. The molecule has 1 fully saturated rings. The maximum absolute atomic E-state index is 13.1. The fourth-order valence-corrected chi connectivity index (χ4v) is 4.05. The number of amides is 1. The molecular weight excluding hydrogens is 428 g/mol. The zero-order valence-corrected chi connectivity index (χ0v) is 19.4. The van der Waals surface area contributed by atoms with Crippen LogP contribution in [-0.2, 0) is 9.59 Å². The summed E-state index contributed by atoms with van der Waals surface area (Å²) in [5.41, 5.74) is 1.26. The summed E-state index contributed by atoms with van der Waals surface area (Å²) in [7, 11) is 0. The quantitative estimate of drug-likeness (QED) is 0.341. The van der Waals surface area contributed by atoms with Gasteiger partial charge in [-0.2, -0.15) is 0 Å². The highest BCUT2D eigenvalue weighted by atomic mass is 35.5. The van der Waals surface area contributed by atoms with Crippen LogP contribution in [0.5, 0.6) is 5.75 Å². The van der Waals surface area contributed by atoms with E-state index in [9.17, 15) is 14.7 Å². The van der Waals surface area contributed by atoms with Crippen LogP contribution in [0.25, 0.3) is 5.76 Å². The number of ketones is 1. The van der Waals surface area contributed by atoms with E-state index < -0.39 is 17.7 Å². The number of ether oxygens (including phenoxy) is 1. The molecule has 1 aliphatic heterocycles. The Hall–Kier alpha value is -2.83. The first-order valence-corrected chi connectivity index (χ1v) is 11.3. The van der Waals surface area contributed by atoms with Gasteiger partial charge in [0.15, 0.2) is 0 Å². The van der Waals surface area contributed by atoms with Gasteiger partial charge in [0.1, 0.15) is 11.5 Å². The van der Waals surface area contributed by atoms with E-state index in [0.717, 1.165) is 18.7 Å². The van der Waals surface area contributed by atoms with Crippen LogP contribution >= 0.6 is 11.6 Å². The average molecular weight is 457 g/mol. The van der Waals surface area contributed by atoms with E-state index in [0.29, 0.717) is 36.0 Å². The molecule has 1 amide bonds. The van der Waals surface area contributed by atoms with E-state index in [-0.39, 0.29) is 11.3 Å². The van der Waals surface area contributed by atoms with Gasteiger partial charge in [0, 0.05) is 23.7 Å². The highest BCUT2D eigenvalue weighted by molar-refractivity contribution is 6.46. The standard InChI is InChI=1S/C25H29ClN2O4/c1-4-27(5-2)15-16-28-22(17-9-13-20(14-10-17)32-6-3)21(24(30)25(28)31)23(29)18-7-11-19(26)12-8-18/h7-14,22,29H,4-6,15-16H2,1-3H3/b23-21+/t22-/m0/s1. The largest absolute Gasteiger partial charge is 0.507 e. The highest BCUT2D eigenvalue weighted by Gasteiger charge is 2.45.